The van der Waals surface area contributed by atoms with E-state index in [9.17, 15) is 10.2 Å². The molecule has 1 saturated carbocycles. The van der Waals surface area contributed by atoms with Gasteiger partial charge in [-0.05, 0) is 25.2 Å². The van der Waals surface area contributed by atoms with Crippen molar-refractivity contribution in [3.63, 3.8) is 0 Å². The van der Waals surface area contributed by atoms with E-state index in [0.717, 1.165) is 25.7 Å². The van der Waals surface area contributed by atoms with Crippen LogP contribution in [0.2, 0.25) is 0 Å². The Labute approximate surface area is 87.3 Å². The second-order valence-corrected chi connectivity index (χ2v) is 4.62. The molecule has 0 heterocycles. The molecule has 0 amide bonds. The fraction of sp³-hybridized carbons (Fsp3) is 1.00. The summed E-state index contributed by atoms with van der Waals surface area (Å²) < 4.78 is 0. The van der Waals surface area contributed by atoms with E-state index < -0.39 is 0 Å². The van der Waals surface area contributed by atoms with Crippen LogP contribution in [0, 0.1) is 11.8 Å². The average molecular weight is 200 g/mol. The smallest absolute Gasteiger partial charge is 0.0618 e. The van der Waals surface area contributed by atoms with Crippen molar-refractivity contribution in [2.24, 2.45) is 11.8 Å². The first kappa shape index (κ1) is 12.0. The van der Waals surface area contributed by atoms with Crippen molar-refractivity contribution >= 4 is 0 Å². The van der Waals surface area contributed by atoms with Crippen LogP contribution in [0.5, 0.6) is 0 Å². The number of hydrogen-bond donors (Lipinski definition) is 2. The molecule has 2 unspecified atom stereocenters. The Morgan fingerprint density at radius 3 is 2.36 bits per heavy atom. The largest absolute Gasteiger partial charge is 0.396 e. The zero-order valence-electron chi connectivity index (χ0n) is 9.28. The normalized spacial score (nSPS) is 23.4. The molecule has 0 saturated heterocycles. The van der Waals surface area contributed by atoms with Gasteiger partial charge in [-0.1, -0.05) is 32.6 Å². The first-order valence-corrected chi connectivity index (χ1v) is 6.08. The quantitative estimate of drug-likeness (QED) is 0.715. The van der Waals surface area contributed by atoms with Crippen LogP contribution in [0.15, 0.2) is 0 Å². The first-order chi connectivity index (χ1) is 6.79. The molecule has 0 aromatic carbocycles. The highest BCUT2D eigenvalue weighted by Crippen LogP contribution is 2.30. The van der Waals surface area contributed by atoms with Crippen molar-refractivity contribution < 1.29 is 10.2 Å². The summed E-state index contributed by atoms with van der Waals surface area (Å²) in [5.74, 6) is 0.565. The molecule has 0 bridgehead atoms. The lowest BCUT2D eigenvalue weighted by Gasteiger charge is -2.31. The van der Waals surface area contributed by atoms with Crippen LogP contribution >= 0.6 is 0 Å². The molecule has 2 N–H and O–H groups in total. The molecule has 0 radical (unpaired) electrons. The predicted molar refractivity (Wildman–Crippen MR) is 58.1 cm³/mol. The Hall–Kier alpha value is -0.0800. The molecular weight excluding hydrogens is 176 g/mol. The Balaban J connectivity index is 2.38. The van der Waals surface area contributed by atoms with Gasteiger partial charge in [0.05, 0.1) is 6.10 Å². The predicted octanol–water partition coefficient (Wildman–Crippen LogP) is 2.34. The van der Waals surface area contributed by atoms with Crippen molar-refractivity contribution in [1.82, 2.24) is 0 Å². The number of aliphatic hydroxyl groups is 2. The van der Waals surface area contributed by atoms with Crippen LogP contribution < -0.4 is 0 Å². The fourth-order valence-corrected chi connectivity index (χ4v) is 2.60. The molecule has 2 heteroatoms. The molecule has 1 rings (SSSR count). The van der Waals surface area contributed by atoms with Crippen LogP contribution in [0.1, 0.15) is 51.9 Å². The molecule has 0 aromatic rings. The van der Waals surface area contributed by atoms with Gasteiger partial charge in [-0.3, -0.25) is 0 Å². The third-order valence-electron chi connectivity index (χ3n) is 3.51. The standard InChI is InChI=1S/C12H24O2/c1-2-6-11(9-13)12(14)10-7-4-3-5-8-10/h10-14H,2-9H2,1H3. The molecule has 2 atom stereocenters. The Kier molecular flexibility index (Phi) is 5.49. The van der Waals surface area contributed by atoms with Crippen LogP contribution in [0.3, 0.4) is 0 Å². The minimum atomic E-state index is -0.264. The van der Waals surface area contributed by atoms with Gasteiger partial charge >= 0.3 is 0 Å². The van der Waals surface area contributed by atoms with Crippen LogP contribution in [-0.4, -0.2) is 22.9 Å². The van der Waals surface area contributed by atoms with Gasteiger partial charge in [0.2, 0.25) is 0 Å². The zero-order chi connectivity index (χ0) is 10.4. The van der Waals surface area contributed by atoms with E-state index in [4.69, 9.17) is 0 Å². The van der Waals surface area contributed by atoms with Gasteiger partial charge in [-0.15, -0.1) is 0 Å². The monoisotopic (exact) mass is 200 g/mol. The fourth-order valence-electron chi connectivity index (χ4n) is 2.60. The molecular formula is C12H24O2. The van der Waals surface area contributed by atoms with Gasteiger partial charge in [0.15, 0.2) is 0 Å². The Morgan fingerprint density at radius 1 is 1.21 bits per heavy atom. The van der Waals surface area contributed by atoms with E-state index in [1.165, 1.54) is 19.3 Å². The third-order valence-corrected chi connectivity index (χ3v) is 3.51. The highest BCUT2D eigenvalue weighted by molar-refractivity contribution is 4.78. The van der Waals surface area contributed by atoms with Gasteiger partial charge in [-0.2, -0.15) is 0 Å². The minimum absolute atomic E-state index is 0.114. The Morgan fingerprint density at radius 2 is 1.86 bits per heavy atom. The van der Waals surface area contributed by atoms with Crippen molar-refractivity contribution in [2.45, 2.75) is 58.0 Å². The summed E-state index contributed by atoms with van der Waals surface area (Å²) in [4.78, 5) is 0. The van der Waals surface area contributed by atoms with E-state index in [1.54, 1.807) is 0 Å². The van der Waals surface area contributed by atoms with Crippen molar-refractivity contribution in [1.29, 1.82) is 0 Å². The lowest BCUT2D eigenvalue weighted by atomic mass is 9.79. The van der Waals surface area contributed by atoms with E-state index in [-0.39, 0.29) is 18.6 Å². The van der Waals surface area contributed by atoms with Crippen LogP contribution in [0.4, 0.5) is 0 Å². The van der Waals surface area contributed by atoms with E-state index >= 15 is 0 Å². The number of rotatable bonds is 5. The summed E-state index contributed by atoms with van der Waals surface area (Å²) in [6.45, 7) is 2.25. The molecule has 1 aliphatic rings. The van der Waals surface area contributed by atoms with E-state index in [1.807, 2.05) is 0 Å². The second-order valence-electron chi connectivity index (χ2n) is 4.62. The Bertz CT molecular complexity index is 137. The molecule has 84 valence electrons. The molecule has 2 nitrogen and oxygen atoms in total. The summed E-state index contributed by atoms with van der Waals surface area (Å²) in [6.07, 6.45) is 7.88. The second kappa shape index (κ2) is 6.41. The maximum atomic E-state index is 10.1. The molecule has 0 spiro atoms. The number of aliphatic hydroxyl groups excluding tert-OH is 2. The summed E-state index contributed by atoms with van der Waals surface area (Å²) in [6, 6.07) is 0. The maximum absolute atomic E-state index is 10.1. The summed E-state index contributed by atoms with van der Waals surface area (Å²) in [5, 5.41) is 19.3. The summed E-state index contributed by atoms with van der Waals surface area (Å²) >= 11 is 0. The van der Waals surface area contributed by atoms with Crippen molar-refractivity contribution in [3.05, 3.63) is 0 Å². The summed E-state index contributed by atoms with van der Waals surface area (Å²) in [5.41, 5.74) is 0. The van der Waals surface area contributed by atoms with Crippen molar-refractivity contribution in [2.75, 3.05) is 6.61 Å². The molecule has 0 aliphatic heterocycles. The summed E-state index contributed by atoms with van der Waals surface area (Å²) in [7, 11) is 0. The van der Waals surface area contributed by atoms with Gasteiger partial charge in [0, 0.05) is 12.5 Å². The van der Waals surface area contributed by atoms with Gasteiger partial charge in [0.1, 0.15) is 0 Å². The van der Waals surface area contributed by atoms with Gasteiger partial charge in [-0.25, -0.2) is 0 Å². The lowest BCUT2D eigenvalue weighted by Crippen LogP contribution is -2.32. The lowest BCUT2D eigenvalue weighted by molar-refractivity contribution is 0.00570. The van der Waals surface area contributed by atoms with Gasteiger partial charge in [0.25, 0.3) is 0 Å². The molecule has 14 heavy (non-hydrogen) atoms. The molecule has 0 aromatic heterocycles. The number of hydrogen-bond acceptors (Lipinski definition) is 2. The third kappa shape index (κ3) is 3.25. The molecule has 1 aliphatic carbocycles. The van der Waals surface area contributed by atoms with E-state index in [2.05, 4.69) is 6.92 Å². The highest BCUT2D eigenvalue weighted by Gasteiger charge is 2.27. The topological polar surface area (TPSA) is 40.5 Å². The molecule has 1 fully saturated rings. The maximum Gasteiger partial charge on any atom is 0.0618 e. The highest BCUT2D eigenvalue weighted by atomic mass is 16.3. The van der Waals surface area contributed by atoms with Crippen LogP contribution in [-0.2, 0) is 0 Å². The van der Waals surface area contributed by atoms with E-state index in [0.29, 0.717) is 5.92 Å². The average Bonchev–Trinajstić information content (AvgIpc) is 2.26. The SMILES string of the molecule is CCCC(CO)C(O)C1CCCCC1. The minimum Gasteiger partial charge on any atom is -0.396 e. The van der Waals surface area contributed by atoms with Crippen molar-refractivity contribution in [3.8, 4) is 0 Å². The zero-order valence-corrected chi connectivity index (χ0v) is 9.28. The first-order valence-electron chi connectivity index (χ1n) is 6.08. The van der Waals surface area contributed by atoms with Gasteiger partial charge < -0.3 is 10.2 Å². The van der Waals surface area contributed by atoms with Crippen LogP contribution in [0.25, 0.3) is 0 Å².